The van der Waals surface area contributed by atoms with Gasteiger partial charge in [0.05, 0.1) is 12.2 Å². The lowest BCUT2D eigenvalue weighted by molar-refractivity contribution is 0.0529. The van der Waals surface area contributed by atoms with Crippen molar-refractivity contribution in [2.45, 2.75) is 39.8 Å². The summed E-state index contributed by atoms with van der Waals surface area (Å²) in [6.45, 7) is 8.90. The largest absolute Gasteiger partial charge is 0.444 e. The van der Waals surface area contributed by atoms with Gasteiger partial charge in [-0.05, 0) is 39.8 Å². The molecule has 0 spiro atoms. The summed E-state index contributed by atoms with van der Waals surface area (Å²) in [6, 6.07) is 8.01. The highest BCUT2D eigenvalue weighted by atomic mass is 127. The van der Waals surface area contributed by atoms with E-state index < -0.39 is 11.7 Å². The Morgan fingerprint density at radius 3 is 2.41 bits per heavy atom. The van der Waals surface area contributed by atoms with Crippen molar-refractivity contribution in [3.05, 3.63) is 41.8 Å². The van der Waals surface area contributed by atoms with Crippen LogP contribution in [0.3, 0.4) is 0 Å². The predicted molar refractivity (Wildman–Crippen MR) is 125 cm³/mol. The van der Waals surface area contributed by atoms with Crippen LogP contribution in [0.1, 0.15) is 32.0 Å². The molecule has 9 heteroatoms. The number of amides is 1. The minimum absolute atomic E-state index is 0. The standard InChI is InChI=1S/C20H29N5O3.HI/c1-14-6-8-15(9-7-14)17-25-16(13-27-17)12-24-18(21-5)22-10-11-23-19(26)28-20(2,3)4;/h6-9,13H,10-12H2,1-5H3,(H,23,26)(H2,21,22,24);1H. The number of oxazole rings is 1. The van der Waals surface area contributed by atoms with Crippen LogP contribution in [0.2, 0.25) is 0 Å². The van der Waals surface area contributed by atoms with E-state index in [-0.39, 0.29) is 24.0 Å². The van der Waals surface area contributed by atoms with Crippen molar-refractivity contribution < 1.29 is 13.9 Å². The van der Waals surface area contributed by atoms with Crippen LogP contribution in [-0.2, 0) is 11.3 Å². The third-order valence-electron chi connectivity index (χ3n) is 3.60. The van der Waals surface area contributed by atoms with Crippen molar-refractivity contribution in [1.82, 2.24) is 20.9 Å². The van der Waals surface area contributed by atoms with Gasteiger partial charge in [-0.25, -0.2) is 9.78 Å². The second-order valence-electron chi connectivity index (χ2n) is 7.29. The van der Waals surface area contributed by atoms with E-state index in [0.717, 1.165) is 11.3 Å². The number of aryl methyl sites for hydroxylation is 1. The van der Waals surface area contributed by atoms with Crippen LogP contribution in [0.4, 0.5) is 4.79 Å². The van der Waals surface area contributed by atoms with Crippen molar-refractivity contribution >= 4 is 36.0 Å². The summed E-state index contributed by atoms with van der Waals surface area (Å²) in [5.74, 6) is 1.19. The molecule has 1 amide bonds. The number of ether oxygens (including phenoxy) is 1. The lowest BCUT2D eigenvalue weighted by Crippen LogP contribution is -2.42. The summed E-state index contributed by atoms with van der Waals surface area (Å²) >= 11 is 0. The zero-order valence-electron chi connectivity index (χ0n) is 17.5. The summed E-state index contributed by atoms with van der Waals surface area (Å²) in [5, 5.41) is 8.96. The molecule has 2 aromatic rings. The van der Waals surface area contributed by atoms with Gasteiger partial charge in [0.25, 0.3) is 0 Å². The summed E-state index contributed by atoms with van der Waals surface area (Å²) in [5.41, 5.74) is 2.38. The number of benzene rings is 1. The van der Waals surface area contributed by atoms with E-state index in [9.17, 15) is 4.79 Å². The maximum Gasteiger partial charge on any atom is 0.407 e. The number of guanidine groups is 1. The number of hydrogen-bond acceptors (Lipinski definition) is 5. The number of rotatable bonds is 6. The minimum atomic E-state index is -0.510. The van der Waals surface area contributed by atoms with Gasteiger partial charge < -0.3 is 25.1 Å². The van der Waals surface area contributed by atoms with Crippen molar-refractivity contribution in [2.24, 2.45) is 4.99 Å². The third-order valence-corrected chi connectivity index (χ3v) is 3.60. The molecule has 0 saturated carbocycles. The number of nitrogens with one attached hydrogen (secondary N) is 3. The Hall–Kier alpha value is -2.30. The first kappa shape index (κ1) is 24.7. The summed E-state index contributed by atoms with van der Waals surface area (Å²) in [6.07, 6.45) is 1.18. The number of nitrogens with zero attached hydrogens (tertiary/aromatic N) is 2. The maximum absolute atomic E-state index is 11.6. The molecule has 1 aromatic heterocycles. The molecule has 0 bridgehead atoms. The van der Waals surface area contributed by atoms with E-state index in [4.69, 9.17) is 9.15 Å². The van der Waals surface area contributed by atoms with Crippen LogP contribution in [-0.4, -0.2) is 42.8 Å². The molecule has 29 heavy (non-hydrogen) atoms. The number of carbonyl (C=O) groups excluding carboxylic acids is 1. The third kappa shape index (κ3) is 9.16. The van der Waals surface area contributed by atoms with Gasteiger partial charge in [-0.2, -0.15) is 0 Å². The minimum Gasteiger partial charge on any atom is -0.444 e. The van der Waals surface area contributed by atoms with Gasteiger partial charge >= 0.3 is 6.09 Å². The van der Waals surface area contributed by atoms with Crippen LogP contribution in [0.15, 0.2) is 39.9 Å². The van der Waals surface area contributed by atoms with E-state index in [1.807, 2.05) is 52.0 Å². The quantitative estimate of drug-likeness (QED) is 0.236. The number of aromatic nitrogens is 1. The molecule has 2 rings (SSSR count). The first-order chi connectivity index (χ1) is 13.3. The van der Waals surface area contributed by atoms with Crippen LogP contribution in [0, 0.1) is 6.92 Å². The van der Waals surface area contributed by atoms with E-state index in [2.05, 4.69) is 25.9 Å². The summed E-state index contributed by atoms with van der Waals surface area (Å²) < 4.78 is 10.7. The Bertz CT molecular complexity index is 797. The molecule has 1 heterocycles. The van der Waals surface area contributed by atoms with Gasteiger partial charge in [-0.15, -0.1) is 24.0 Å². The predicted octanol–water partition coefficient (Wildman–Crippen LogP) is 3.46. The van der Waals surface area contributed by atoms with Crippen molar-refractivity contribution in [3.8, 4) is 11.5 Å². The number of aliphatic imine (C=N–C) groups is 1. The second kappa shape index (κ2) is 11.6. The Morgan fingerprint density at radius 2 is 1.79 bits per heavy atom. The van der Waals surface area contributed by atoms with Gasteiger partial charge in [0.15, 0.2) is 5.96 Å². The Kier molecular flexibility index (Phi) is 9.93. The molecule has 0 atom stereocenters. The molecule has 0 radical (unpaired) electrons. The van der Waals surface area contributed by atoms with Gasteiger partial charge in [0, 0.05) is 25.7 Å². The van der Waals surface area contributed by atoms with Crippen LogP contribution >= 0.6 is 24.0 Å². The van der Waals surface area contributed by atoms with E-state index >= 15 is 0 Å². The smallest absolute Gasteiger partial charge is 0.407 e. The van der Waals surface area contributed by atoms with E-state index in [1.165, 1.54) is 5.56 Å². The fourth-order valence-electron chi connectivity index (χ4n) is 2.27. The summed E-state index contributed by atoms with van der Waals surface area (Å²) in [7, 11) is 1.68. The topological polar surface area (TPSA) is 101 Å². The number of alkyl carbamates (subject to hydrolysis) is 1. The molecule has 1 aromatic carbocycles. The molecule has 0 aliphatic rings. The Balaban J connectivity index is 0.00000420. The summed E-state index contributed by atoms with van der Waals surface area (Å²) in [4.78, 5) is 20.2. The highest BCUT2D eigenvalue weighted by Crippen LogP contribution is 2.18. The maximum atomic E-state index is 11.6. The van der Waals surface area contributed by atoms with Gasteiger partial charge in [-0.3, -0.25) is 4.99 Å². The first-order valence-corrected chi connectivity index (χ1v) is 9.19. The Morgan fingerprint density at radius 1 is 1.14 bits per heavy atom. The average molecular weight is 515 g/mol. The number of halogens is 1. The number of hydrogen-bond donors (Lipinski definition) is 3. The highest BCUT2D eigenvalue weighted by molar-refractivity contribution is 14.0. The van der Waals surface area contributed by atoms with Crippen LogP contribution < -0.4 is 16.0 Å². The monoisotopic (exact) mass is 515 g/mol. The molecular formula is C20H30IN5O3. The lowest BCUT2D eigenvalue weighted by Gasteiger charge is -2.19. The fourth-order valence-corrected chi connectivity index (χ4v) is 2.27. The normalized spacial score (nSPS) is 11.4. The molecule has 0 aliphatic heterocycles. The molecule has 0 aliphatic carbocycles. The fraction of sp³-hybridized carbons (Fsp3) is 0.450. The van der Waals surface area contributed by atoms with Crippen molar-refractivity contribution in [3.63, 3.8) is 0 Å². The molecule has 160 valence electrons. The Labute approximate surface area is 188 Å². The molecular weight excluding hydrogens is 485 g/mol. The van der Waals surface area contributed by atoms with E-state index in [1.54, 1.807) is 13.3 Å². The van der Waals surface area contributed by atoms with Crippen LogP contribution in [0.25, 0.3) is 11.5 Å². The SMILES string of the molecule is CN=C(NCCNC(=O)OC(C)(C)C)NCc1coc(-c2ccc(C)cc2)n1.I. The molecule has 0 unspecified atom stereocenters. The molecule has 0 fully saturated rings. The van der Waals surface area contributed by atoms with Gasteiger partial charge in [0.2, 0.25) is 5.89 Å². The first-order valence-electron chi connectivity index (χ1n) is 9.19. The zero-order chi connectivity index (χ0) is 20.6. The van der Waals surface area contributed by atoms with Gasteiger partial charge in [-0.1, -0.05) is 17.7 Å². The second-order valence-corrected chi connectivity index (χ2v) is 7.29. The van der Waals surface area contributed by atoms with Crippen molar-refractivity contribution in [1.29, 1.82) is 0 Å². The molecule has 8 nitrogen and oxygen atoms in total. The lowest BCUT2D eigenvalue weighted by atomic mass is 10.1. The zero-order valence-corrected chi connectivity index (χ0v) is 19.9. The molecule has 0 saturated heterocycles. The van der Waals surface area contributed by atoms with Gasteiger partial charge in [0.1, 0.15) is 11.9 Å². The number of carbonyl (C=O) groups is 1. The van der Waals surface area contributed by atoms with Crippen molar-refractivity contribution in [2.75, 3.05) is 20.1 Å². The van der Waals surface area contributed by atoms with E-state index in [0.29, 0.717) is 31.5 Å². The highest BCUT2D eigenvalue weighted by Gasteiger charge is 2.15. The van der Waals surface area contributed by atoms with Crippen LogP contribution in [0.5, 0.6) is 0 Å². The average Bonchev–Trinajstić information content (AvgIpc) is 3.09. The molecule has 3 N–H and O–H groups in total.